The van der Waals surface area contributed by atoms with E-state index in [2.05, 4.69) is 61.0 Å². The van der Waals surface area contributed by atoms with Crippen molar-refractivity contribution in [3.63, 3.8) is 0 Å². The number of piperidine rings is 1. The van der Waals surface area contributed by atoms with E-state index in [9.17, 15) is 5.26 Å². The topological polar surface area (TPSA) is 95.0 Å². The zero-order chi connectivity index (χ0) is 23.5. The first kappa shape index (κ1) is 21.7. The van der Waals surface area contributed by atoms with Crippen LogP contribution in [0.4, 0.5) is 5.13 Å². The van der Waals surface area contributed by atoms with E-state index in [0.717, 1.165) is 39.6 Å². The molecule has 1 aliphatic rings. The van der Waals surface area contributed by atoms with Gasteiger partial charge >= 0.3 is 0 Å². The van der Waals surface area contributed by atoms with E-state index in [1.807, 2.05) is 23.7 Å². The summed E-state index contributed by atoms with van der Waals surface area (Å²) in [5.74, 6) is 0.578. The van der Waals surface area contributed by atoms with Gasteiger partial charge in [0.1, 0.15) is 16.4 Å². The highest BCUT2D eigenvalue weighted by atomic mass is 32.1. The van der Waals surface area contributed by atoms with Crippen molar-refractivity contribution in [2.75, 3.05) is 11.9 Å². The fourth-order valence-electron chi connectivity index (χ4n) is 5.14. The molecule has 0 atom stereocenters. The molecule has 0 radical (unpaired) electrons. The minimum Gasteiger partial charge on any atom is -0.348 e. The number of aryl methyl sites for hydroxylation is 1. The molecule has 170 valence electrons. The van der Waals surface area contributed by atoms with E-state index >= 15 is 0 Å². The largest absolute Gasteiger partial charge is 0.348 e. The summed E-state index contributed by atoms with van der Waals surface area (Å²) in [6.45, 7) is 11.0. The zero-order valence-corrected chi connectivity index (χ0v) is 20.7. The van der Waals surface area contributed by atoms with Crippen LogP contribution in [0.5, 0.6) is 0 Å². The first-order valence-electron chi connectivity index (χ1n) is 11.1. The number of rotatable bonds is 3. The average Bonchev–Trinajstić information content (AvgIpc) is 3.31. The number of pyridine rings is 1. The van der Waals surface area contributed by atoms with Gasteiger partial charge in [0.05, 0.1) is 17.5 Å². The molecule has 5 rings (SSSR count). The van der Waals surface area contributed by atoms with Gasteiger partial charge in [0.2, 0.25) is 0 Å². The molecule has 9 heteroatoms. The minimum atomic E-state index is 0.0626. The summed E-state index contributed by atoms with van der Waals surface area (Å²) < 4.78 is 1.86. The Hall–Kier alpha value is -3.09. The molecular weight excluding hydrogens is 432 g/mol. The SMILES string of the molecule is Cc1cn2cc(-c3ncc4nc(N(C)C5CC(C)(C)NC(C)(C)C5)sc4n3)cc(C#N)c2n1. The Labute approximate surface area is 197 Å². The first-order valence-corrected chi connectivity index (χ1v) is 11.9. The molecule has 0 aromatic carbocycles. The lowest BCUT2D eigenvalue weighted by atomic mass is 9.79. The third kappa shape index (κ3) is 4.05. The molecule has 1 saturated heterocycles. The highest BCUT2D eigenvalue weighted by molar-refractivity contribution is 7.21. The van der Waals surface area contributed by atoms with Gasteiger partial charge in [0.25, 0.3) is 0 Å². The third-order valence-corrected chi connectivity index (χ3v) is 7.26. The number of aromatic nitrogens is 5. The summed E-state index contributed by atoms with van der Waals surface area (Å²) in [4.78, 5) is 21.8. The van der Waals surface area contributed by atoms with E-state index in [1.165, 1.54) is 0 Å². The van der Waals surface area contributed by atoms with Crippen molar-refractivity contribution in [1.29, 1.82) is 5.26 Å². The number of hydrogen-bond donors (Lipinski definition) is 1. The van der Waals surface area contributed by atoms with Gasteiger partial charge in [-0.25, -0.2) is 19.9 Å². The van der Waals surface area contributed by atoms with Crippen LogP contribution in [0.1, 0.15) is 51.8 Å². The van der Waals surface area contributed by atoms with Crippen LogP contribution in [-0.2, 0) is 0 Å². The summed E-state index contributed by atoms with van der Waals surface area (Å²) in [5, 5.41) is 14.3. The lowest BCUT2D eigenvalue weighted by Gasteiger charge is -2.48. The van der Waals surface area contributed by atoms with E-state index in [0.29, 0.717) is 23.1 Å². The highest BCUT2D eigenvalue weighted by Gasteiger charge is 2.39. The molecule has 1 fully saturated rings. The molecule has 0 bridgehead atoms. The maximum Gasteiger partial charge on any atom is 0.187 e. The number of nitrogens with one attached hydrogen (secondary N) is 1. The van der Waals surface area contributed by atoms with Crippen LogP contribution in [0.3, 0.4) is 0 Å². The van der Waals surface area contributed by atoms with E-state index in [4.69, 9.17) is 9.97 Å². The van der Waals surface area contributed by atoms with Gasteiger partial charge in [-0.1, -0.05) is 11.3 Å². The maximum atomic E-state index is 9.59. The Kier molecular flexibility index (Phi) is 4.92. The molecule has 4 aromatic heterocycles. The van der Waals surface area contributed by atoms with Crippen LogP contribution < -0.4 is 10.2 Å². The Balaban J connectivity index is 1.50. The molecule has 0 amide bonds. The molecule has 0 aliphatic carbocycles. The van der Waals surface area contributed by atoms with Crippen molar-refractivity contribution in [3.05, 3.63) is 35.9 Å². The van der Waals surface area contributed by atoms with Crippen LogP contribution in [-0.4, -0.2) is 48.5 Å². The fourth-order valence-corrected chi connectivity index (χ4v) is 6.08. The quantitative estimate of drug-likeness (QED) is 0.486. The summed E-state index contributed by atoms with van der Waals surface area (Å²) in [5.41, 5.74) is 3.71. The predicted octanol–water partition coefficient (Wildman–Crippen LogP) is 4.33. The lowest BCUT2D eigenvalue weighted by molar-refractivity contribution is 0.161. The fraction of sp³-hybridized carbons (Fsp3) is 0.458. The van der Waals surface area contributed by atoms with E-state index in [1.54, 1.807) is 23.6 Å². The smallest absolute Gasteiger partial charge is 0.187 e. The summed E-state index contributed by atoms with van der Waals surface area (Å²) in [6.07, 6.45) is 7.68. The van der Waals surface area contributed by atoms with Gasteiger partial charge in [-0.3, -0.25) is 0 Å². The second-order valence-corrected chi connectivity index (χ2v) is 11.3. The normalized spacial score (nSPS) is 18.0. The average molecular weight is 461 g/mol. The Morgan fingerprint density at radius 2 is 1.88 bits per heavy atom. The molecule has 1 aliphatic heterocycles. The van der Waals surface area contributed by atoms with Gasteiger partial charge in [-0.05, 0) is 53.5 Å². The van der Waals surface area contributed by atoms with Gasteiger partial charge in [-0.15, -0.1) is 0 Å². The Morgan fingerprint density at radius 1 is 1.15 bits per heavy atom. The Morgan fingerprint density at radius 3 is 2.58 bits per heavy atom. The van der Waals surface area contributed by atoms with Gasteiger partial charge < -0.3 is 14.6 Å². The molecule has 0 spiro atoms. The summed E-state index contributed by atoms with van der Waals surface area (Å²) in [7, 11) is 2.13. The molecule has 0 saturated carbocycles. The number of nitriles is 1. The van der Waals surface area contributed by atoms with Crippen molar-refractivity contribution >= 4 is 32.5 Å². The van der Waals surface area contributed by atoms with Crippen LogP contribution in [0.2, 0.25) is 0 Å². The molecule has 5 heterocycles. The van der Waals surface area contributed by atoms with Crippen LogP contribution >= 0.6 is 11.3 Å². The third-order valence-electron chi connectivity index (χ3n) is 6.21. The van der Waals surface area contributed by atoms with Crippen molar-refractivity contribution in [3.8, 4) is 17.5 Å². The van der Waals surface area contributed by atoms with Gasteiger partial charge in [-0.2, -0.15) is 5.26 Å². The van der Waals surface area contributed by atoms with E-state index < -0.39 is 0 Å². The number of imidazole rings is 1. The number of nitrogens with zero attached hydrogens (tertiary/aromatic N) is 7. The van der Waals surface area contributed by atoms with Crippen LogP contribution in [0.15, 0.2) is 24.7 Å². The number of anilines is 1. The minimum absolute atomic E-state index is 0.0626. The van der Waals surface area contributed by atoms with Crippen molar-refractivity contribution in [2.45, 2.75) is 64.6 Å². The van der Waals surface area contributed by atoms with Gasteiger partial charge in [0.15, 0.2) is 16.6 Å². The molecule has 33 heavy (non-hydrogen) atoms. The van der Waals surface area contributed by atoms with Crippen LogP contribution in [0, 0.1) is 18.3 Å². The van der Waals surface area contributed by atoms with E-state index in [-0.39, 0.29) is 11.1 Å². The summed E-state index contributed by atoms with van der Waals surface area (Å²) >= 11 is 1.58. The second kappa shape index (κ2) is 7.47. The first-order chi connectivity index (χ1) is 15.5. The number of thiazole rings is 1. The number of hydrogen-bond acceptors (Lipinski definition) is 8. The van der Waals surface area contributed by atoms with Crippen molar-refractivity contribution in [2.24, 2.45) is 0 Å². The number of fused-ring (bicyclic) bond motifs is 2. The zero-order valence-electron chi connectivity index (χ0n) is 19.8. The van der Waals surface area contributed by atoms with Crippen molar-refractivity contribution in [1.82, 2.24) is 29.7 Å². The molecular formula is C24H28N8S. The standard InChI is InChI=1S/C24H28N8S/c1-14-12-32-13-16(7-15(10-25)20(32)27-14)19-26-11-18-21(29-19)33-22(28-18)31(6)17-8-23(2,3)30-24(4,5)9-17/h7,11-13,17,30H,8-9H2,1-6H3. The Bertz CT molecular complexity index is 1390. The monoisotopic (exact) mass is 460 g/mol. The van der Waals surface area contributed by atoms with Crippen LogP contribution in [0.25, 0.3) is 27.4 Å². The van der Waals surface area contributed by atoms with Gasteiger partial charge in [0, 0.05) is 42.1 Å². The lowest BCUT2D eigenvalue weighted by Crippen LogP contribution is -2.61. The molecule has 4 aromatic rings. The maximum absolute atomic E-state index is 9.59. The second-order valence-electron chi connectivity index (χ2n) is 10.3. The highest BCUT2D eigenvalue weighted by Crippen LogP contribution is 2.36. The van der Waals surface area contributed by atoms with Crippen molar-refractivity contribution < 1.29 is 0 Å². The molecule has 8 nitrogen and oxygen atoms in total. The molecule has 0 unspecified atom stereocenters. The molecule has 1 N–H and O–H groups in total. The summed E-state index contributed by atoms with van der Waals surface area (Å²) in [6, 6.07) is 4.42. The predicted molar refractivity (Wildman–Crippen MR) is 132 cm³/mol.